The van der Waals surface area contributed by atoms with Crippen LogP contribution in [0.3, 0.4) is 0 Å². The Hall–Kier alpha value is -0.600. The summed E-state index contributed by atoms with van der Waals surface area (Å²) in [5.41, 5.74) is 0. The van der Waals surface area contributed by atoms with Gasteiger partial charge in [-0.15, -0.1) is 0 Å². The third-order valence-corrected chi connectivity index (χ3v) is 2.69. The van der Waals surface area contributed by atoms with Crippen LogP contribution >= 0.6 is 12.9 Å². The summed E-state index contributed by atoms with van der Waals surface area (Å²) < 4.78 is 166. The highest BCUT2D eigenvalue weighted by Crippen LogP contribution is 2.60. The van der Waals surface area contributed by atoms with Gasteiger partial charge in [-0.3, -0.25) is 0 Å². The molecular formula is C8H5F13OS. The third-order valence-electron chi connectivity index (χ3n) is 2.51. The number of thiol groups is 1. The Labute approximate surface area is 124 Å². The molecule has 0 bridgehead atoms. The minimum atomic E-state index is -7.87. The van der Waals surface area contributed by atoms with Crippen LogP contribution in [0.4, 0.5) is 57.1 Å². The summed E-state index contributed by atoms with van der Waals surface area (Å²) in [5, 5.41) is 0. The van der Waals surface area contributed by atoms with E-state index in [0.29, 0.717) is 0 Å². The Balaban J connectivity index is 6.03. The van der Waals surface area contributed by atoms with Crippen molar-refractivity contribution >= 4 is 12.9 Å². The second kappa shape index (κ2) is 6.04. The van der Waals surface area contributed by atoms with Crippen LogP contribution in [0.5, 0.6) is 0 Å². The predicted molar refractivity (Wildman–Crippen MR) is 50.3 cm³/mol. The summed E-state index contributed by atoms with van der Waals surface area (Å²) in [6, 6.07) is 0. The molecule has 0 unspecified atom stereocenters. The van der Waals surface area contributed by atoms with Gasteiger partial charge in [-0.1, -0.05) is 0 Å². The Morgan fingerprint density at radius 1 is 0.565 bits per heavy atom. The Kier molecular flexibility index (Phi) is 5.88. The molecule has 0 fully saturated rings. The van der Waals surface area contributed by atoms with E-state index in [9.17, 15) is 57.1 Å². The van der Waals surface area contributed by atoms with Gasteiger partial charge >= 0.3 is 35.8 Å². The highest BCUT2D eigenvalue weighted by atomic mass is 32.1. The lowest BCUT2D eigenvalue weighted by molar-refractivity contribution is -0.440. The molecule has 0 aliphatic rings. The van der Waals surface area contributed by atoms with Gasteiger partial charge in [0.05, 0.1) is 6.61 Å². The molecule has 0 radical (unpaired) electrons. The minimum Gasteiger partial charge on any atom is -0.318 e. The summed E-state index contributed by atoms with van der Waals surface area (Å²) in [6.07, 6.45) is -9.81. The molecule has 0 rings (SSSR count). The molecule has 0 aliphatic heterocycles. The number of hydrogen-bond donors (Lipinski definition) is 1. The number of halogens is 13. The maximum absolute atomic E-state index is 13.0. The van der Waals surface area contributed by atoms with Crippen molar-refractivity contribution < 1.29 is 61.3 Å². The van der Waals surface area contributed by atoms with Crippen molar-refractivity contribution in [3.63, 3.8) is 0 Å². The summed E-state index contributed by atoms with van der Waals surface area (Å²) in [5.74, 6) is -36.7. The van der Waals surface area contributed by atoms with E-state index >= 15 is 0 Å². The van der Waals surface area contributed by atoms with Crippen molar-refractivity contribution in [1.82, 2.24) is 0 Å². The van der Waals surface area contributed by atoms with Crippen molar-refractivity contribution in [2.24, 2.45) is 0 Å². The van der Waals surface area contributed by atoms with Gasteiger partial charge in [0.25, 0.3) is 0 Å². The second-order valence-electron chi connectivity index (χ2n) is 4.08. The fraction of sp³-hybridized carbons (Fsp3) is 1.00. The number of hydrogen-bond acceptors (Lipinski definition) is 2. The zero-order valence-corrected chi connectivity index (χ0v) is 11.1. The van der Waals surface area contributed by atoms with Gasteiger partial charge in [0.2, 0.25) is 0 Å². The topological polar surface area (TPSA) is 9.23 Å². The second-order valence-corrected chi connectivity index (χ2v) is 4.34. The lowest BCUT2D eigenvalue weighted by Crippen LogP contribution is -2.70. The lowest BCUT2D eigenvalue weighted by Gasteiger charge is -2.39. The molecule has 0 heterocycles. The third kappa shape index (κ3) is 3.30. The number of rotatable bonds is 7. The van der Waals surface area contributed by atoms with E-state index in [2.05, 4.69) is 17.1 Å². The SMILES string of the molecule is FC(F)(F)C(F)(F)C(F)(F)C(F)(F)C(F)(F)C(F)(F)CCOS. The fourth-order valence-corrected chi connectivity index (χ4v) is 1.22. The zero-order valence-electron chi connectivity index (χ0n) is 10.2. The summed E-state index contributed by atoms with van der Waals surface area (Å²) in [7, 11) is 0. The maximum Gasteiger partial charge on any atom is 0.460 e. The Morgan fingerprint density at radius 3 is 1.22 bits per heavy atom. The maximum atomic E-state index is 13.0. The van der Waals surface area contributed by atoms with E-state index in [0.717, 1.165) is 0 Å². The van der Waals surface area contributed by atoms with Gasteiger partial charge in [0, 0.05) is 6.42 Å². The van der Waals surface area contributed by atoms with Gasteiger partial charge in [0.1, 0.15) is 0 Å². The first-order valence-corrected chi connectivity index (χ1v) is 5.40. The van der Waals surface area contributed by atoms with Crippen LogP contribution in [-0.4, -0.2) is 42.4 Å². The van der Waals surface area contributed by atoms with E-state index in [4.69, 9.17) is 0 Å². The van der Waals surface area contributed by atoms with E-state index in [1.165, 1.54) is 0 Å². The minimum absolute atomic E-state index is 1.52. The molecule has 0 amide bonds. The van der Waals surface area contributed by atoms with Crippen molar-refractivity contribution in [1.29, 1.82) is 0 Å². The van der Waals surface area contributed by atoms with Crippen molar-refractivity contribution in [2.75, 3.05) is 6.61 Å². The van der Waals surface area contributed by atoms with Gasteiger partial charge in [-0.05, 0) is 12.9 Å². The Bertz CT molecular complexity index is 415. The average molecular weight is 396 g/mol. The van der Waals surface area contributed by atoms with E-state index < -0.39 is 48.8 Å². The van der Waals surface area contributed by atoms with Crippen molar-refractivity contribution in [3.05, 3.63) is 0 Å². The molecule has 0 saturated carbocycles. The molecule has 0 aromatic heterocycles. The molecule has 23 heavy (non-hydrogen) atoms. The van der Waals surface area contributed by atoms with Crippen LogP contribution in [0.1, 0.15) is 6.42 Å². The van der Waals surface area contributed by atoms with Crippen LogP contribution < -0.4 is 0 Å². The molecule has 0 N–H and O–H groups in total. The largest absolute Gasteiger partial charge is 0.460 e. The van der Waals surface area contributed by atoms with Crippen LogP contribution in [0.15, 0.2) is 0 Å². The van der Waals surface area contributed by atoms with Gasteiger partial charge in [0.15, 0.2) is 0 Å². The van der Waals surface area contributed by atoms with Gasteiger partial charge < -0.3 is 4.18 Å². The summed E-state index contributed by atoms with van der Waals surface area (Å²) in [4.78, 5) is 0. The summed E-state index contributed by atoms with van der Waals surface area (Å²) in [6.45, 7) is -1.52. The quantitative estimate of drug-likeness (QED) is 0.363. The van der Waals surface area contributed by atoms with Crippen LogP contribution in [0.2, 0.25) is 0 Å². The molecule has 0 saturated heterocycles. The number of alkyl halides is 13. The highest BCUT2D eigenvalue weighted by molar-refractivity contribution is 7.75. The van der Waals surface area contributed by atoms with E-state index in [1.807, 2.05) is 0 Å². The standard InChI is InChI=1S/C8H5F13OS/c9-3(10,1-2-22-23)4(11,12)5(13,14)6(15,16)7(17,18)8(19,20)21/h23H,1-2H2. The van der Waals surface area contributed by atoms with Gasteiger partial charge in [-0.2, -0.15) is 57.1 Å². The predicted octanol–water partition coefficient (Wildman–Crippen LogP) is 4.98. The molecule has 0 aliphatic carbocycles. The van der Waals surface area contributed by atoms with Crippen LogP contribution in [-0.2, 0) is 4.18 Å². The molecular weight excluding hydrogens is 391 g/mol. The highest BCUT2D eigenvalue weighted by Gasteiger charge is 2.90. The first-order valence-electron chi connectivity index (χ1n) is 5.03. The molecule has 0 aromatic rings. The normalized spacial score (nSPS) is 15.9. The molecule has 15 heteroatoms. The average Bonchev–Trinajstić information content (AvgIpc) is 2.34. The molecule has 140 valence electrons. The fourth-order valence-electron chi connectivity index (χ4n) is 1.13. The molecule has 0 spiro atoms. The first kappa shape index (κ1) is 22.4. The van der Waals surface area contributed by atoms with Gasteiger partial charge in [-0.25, -0.2) is 0 Å². The summed E-state index contributed by atoms with van der Waals surface area (Å²) >= 11 is 2.76. The zero-order chi connectivity index (χ0) is 19.1. The smallest absolute Gasteiger partial charge is 0.318 e. The molecule has 1 nitrogen and oxygen atoms in total. The van der Waals surface area contributed by atoms with E-state index in [-0.39, 0.29) is 0 Å². The van der Waals surface area contributed by atoms with Crippen molar-refractivity contribution in [2.45, 2.75) is 42.2 Å². The van der Waals surface area contributed by atoms with Crippen LogP contribution in [0.25, 0.3) is 0 Å². The Morgan fingerprint density at radius 2 is 0.913 bits per heavy atom. The van der Waals surface area contributed by atoms with Crippen LogP contribution in [0, 0.1) is 0 Å². The molecule has 0 atom stereocenters. The van der Waals surface area contributed by atoms with E-state index in [1.54, 1.807) is 0 Å². The van der Waals surface area contributed by atoms with Crippen molar-refractivity contribution in [3.8, 4) is 0 Å². The lowest BCUT2D eigenvalue weighted by atomic mass is 9.93. The monoisotopic (exact) mass is 396 g/mol. The first-order chi connectivity index (χ1) is 9.81. The molecule has 0 aromatic carbocycles.